The van der Waals surface area contributed by atoms with Crippen molar-refractivity contribution in [2.24, 2.45) is 7.05 Å². The van der Waals surface area contributed by atoms with E-state index in [1.807, 2.05) is 48.3 Å². The molecule has 0 bridgehead atoms. The fraction of sp³-hybridized carbons (Fsp3) is 0.188. The molecule has 0 radical (unpaired) electrons. The molecule has 0 amide bonds. The van der Waals surface area contributed by atoms with Crippen LogP contribution in [0.4, 0.5) is 11.5 Å². The van der Waals surface area contributed by atoms with Gasteiger partial charge in [-0.15, -0.1) is 0 Å². The smallest absolute Gasteiger partial charge is 0.157 e. The van der Waals surface area contributed by atoms with E-state index in [-0.39, 0.29) is 0 Å². The Kier molecular flexibility index (Phi) is 4.43. The normalized spacial score (nSPS) is 10.6. The van der Waals surface area contributed by atoms with Crippen LogP contribution in [0, 0.1) is 0 Å². The van der Waals surface area contributed by atoms with Crippen molar-refractivity contribution in [1.29, 1.82) is 0 Å². The molecular formula is C16H17ClN6. The van der Waals surface area contributed by atoms with Gasteiger partial charge in [0.2, 0.25) is 0 Å². The zero-order chi connectivity index (χ0) is 16.2. The van der Waals surface area contributed by atoms with E-state index in [0.29, 0.717) is 23.2 Å². The summed E-state index contributed by atoms with van der Waals surface area (Å²) >= 11 is 6.07. The summed E-state index contributed by atoms with van der Waals surface area (Å²) in [7, 11) is 3.70. The van der Waals surface area contributed by atoms with E-state index in [2.05, 4.69) is 25.7 Å². The molecule has 6 nitrogen and oxygen atoms in total. The van der Waals surface area contributed by atoms with Gasteiger partial charge in [-0.05, 0) is 0 Å². The molecule has 0 fully saturated rings. The van der Waals surface area contributed by atoms with E-state index in [0.717, 1.165) is 16.8 Å². The lowest BCUT2D eigenvalue weighted by Crippen LogP contribution is -2.06. The molecule has 2 heterocycles. The van der Waals surface area contributed by atoms with E-state index < -0.39 is 0 Å². The molecule has 2 aromatic heterocycles. The zero-order valence-corrected chi connectivity index (χ0v) is 13.7. The predicted molar refractivity (Wildman–Crippen MR) is 92.6 cm³/mol. The van der Waals surface area contributed by atoms with E-state index in [4.69, 9.17) is 11.6 Å². The lowest BCUT2D eigenvalue weighted by atomic mass is 10.1. The fourth-order valence-corrected chi connectivity index (χ4v) is 2.63. The van der Waals surface area contributed by atoms with Crippen LogP contribution in [0.15, 0.2) is 42.9 Å². The second-order valence-electron chi connectivity index (χ2n) is 5.03. The Morgan fingerprint density at radius 1 is 1.17 bits per heavy atom. The number of benzene rings is 1. The molecule has 118 valence electrons. The van der Waals surface area contributed by atoms with Crippen molar-refractivity contribution in [1.82, 2.24) is 19.7 Å². The lowest BCUT2D eigenvalue weighted by Gasteiger charge is -2.11. The van der Waals surface area contributed by atoms with Crippen molar-refractivity contribution in [3.8, 4) is 11.3 Å². The van der Waals surface area contributed by atoms with Gasteiger partial charge in [-0.1, -0.05) is 41.9 Å². The van der Waals surface area contributed by atoms with Crippen LogP contribution in [0.3, 0.4) is 0 Å². The summed E-state index contributed by atoms with van der Waals surface area (Å²) in [5, 5.41) is 11.2. The summed E-state index contributed by atoms with van der Waals surface area (Å²) in [6.07, 6.45) is 3.43. The molecule has 3 rings (SSSR count). The fourth-order valence-electron chi connectivity index (χ4n) is 2.40. The maximum absolute atomic E-state index is 6.07. The first-order valence-corrected chi connectivity index (χ1v) is 7.57. The average molecular weight is 329 g/mol. The minimum Gasteiger partial charge on any atom is -0.383 e. The molecule has 7 heteroatoms. The standard InChI is InChI=1S/C16H17ClN6/c1-18-14-15(17)20-10-21-16(14)19-8-12-9-23(2)22-13(12)11-6-4-3-5-7-11/h3-7,9-10,18H,8H2,1-2H3,(H,19,20,21). The van der Waals surface area contributed by atoms with E-state index in [1.54, 1.807) is 7.05 Å². The molecule has 0 unspecified atom stereocenters. The van der Waals surface area contributed by atoms with Gasteiger partial charge in [-0.3, -0.25) is 4.68 Å². The Hall–Kier alpha value is -2.60. The van der Waals surface area contributed by atoms with Gasteiger partial charge in [-0.2, -0.15) is 5.10 Å². The monoisotopic (exact) mass is 328 g/mol. The highest BCUT2D eigenvalue weighted by Crippen LogP contribution is 2.27. The molecule has 0 saturated carbocycles. The van der Waals surface area contributed by atoms with Crippen LogP contribution in [-0.4, -0.2) is 26.8 Å². The number of aryl methyl sites for hydroxylation is 1. The number of rotatable bonds is 5. The lowest BCUT2D eigenvalue weighted by molar-refractivity contribution is 0.770. The van der Waals surface area contributed by atoms with Crippen LogP contribution in [-0.2, 0) is 13.6 Å². The second-order valence-corrected chi connectivity index (χ2v) is 5.39. The predicted octanol–water partition coefficient (Wildman–Crippen LogP) is 3.18. The summed E-state index contributed by atoms with van der Waals surface area (Å²) in [6.45, 7) is 0.583. The number of aromatic nitrogens is 4. The first kappa shape index (κ1) is 15.3. The van der Waals surface area contributed by atoms with Gasteiger partial charge in [0.1, 0.15) is 12.0 Å². The molecule has 1 aromatic carbocycles. The van der Waals surface area contributed by atoms with E-state index >= 15 is 0 Å². The molecule has 0 spiro atoms. The second kappa shape index (κ2) is 6.66. The number of anilines is 2. The molecule has 3 aromatic rings. The molecule has 0 aliphatic carbocycles. The van der Waals surface area contributed by atoms with Crippen molar-refractivity contribution in [2.75, 3.05) is 17.7 Å². The van der Waals surface area contributed by atoms with Gasteiger partial charge in [0.25, 0.3) is 0 Å². The average Bonchev–Trinajstić information content (AvgIpc) is 2.94. The van der Waals surface area contributed by atoms with Gasteiger partial charge < -0.3 is 10.6 Å². The van der Waals surface area contributed by atoms with Crippen LogP contribution >= 0.6 is 11.6 Å². The molecule has 0 aliphatic heterocycles. The topological polar surface area (TPSA) is 67.7 Å². The Morgan fingerprint density at radius 2 is 1.96 bits per heavy atom. The van der Waals surface area contributed by atoms with Crippen molar-refractivity contribution in [3.05, 3.63) is 53.6 Å². The largest absolute Gasteiger partial charge is 0.383 e. The third-order valence-electron chi connectivity index (χ3n) is 3.45. The summed E-state index contributed by atoms with van der Waals surface area (Å²) in [5.74, 6) is 0.662. The van der Waals surface area contributed by atoms with Crippen molar-refractivity contribution < 1.29 is 0 Å². The van der Waals surface area contributed by atoms with E-state index in [9.17, 15) is 0 Å². The van der Waals surface area contributed by atoms with Crippen LogP contribution in [0.25, 0.3) is 11.3 Å². The molecule has 23 heavy (non-hydrogen) atoms. The maximum Gasteiger partial charge on any atom is 0.157 e. The summed E-state index contributed by atoms with van der Waals surface area (Å²) in [6, 6.07) is 10.1. The van der Waals surface area contributed by atoms with Crippen molar-refractivity contribution in [2.45, 2.75) is 6.54 Å². The highest BCUT2D eigenvalue weighted by atomic mass is 35.5. The summed E-state index contributed by atoms with van der Waals surface area (Å²) < 4.78 is 1.81. The molecule has 2 N–H and O–H groups in total. The molecule has 0 saturated heterocycles. The Labute approximate surface area is 139 Å². The van der Waals surface area contributed by atoms with Gasteiger partial charge in [0, 0.05) is 38.0 Å². The maximum atomic E-state index is 6.07. The SMILES string of the molecule is CNc1c(Cl)ncnc1NCc1cn(C)nc1-c1ccccc1. The number of hydrogen-bond donors (Lipinski definition) is 2. The van der Waals surface area contributed by atoms with Gasteiger partial charge in [0.15, 0.2) is 11.0 Å². The van der Waals surface area contributed by atoms with E-state index in [1.165, 1.54) is 6.33 Å². The highest BCUT2D eigenvalue weighted by Gasteiger charge is 2.12. The highest BCUT2D eigenvalue weighted by molar-refractivity contribution is 6.32. The van der Waals surface area contributed by atoms with Crippen molar-refractivity contribution in [3.63, 3.8) is 0 Å². The number of nitrogens with zero attached hydrogens (tertiary/aromatic N) is 4. The van der Waals surface area contributed by atoms with Gasteiger partial charge in [-0.25, -0.2) is 9.97 Å². The van der Waals surface area contributed by atoms with Crippen LogP contribution in [0.2, 0.25) is 5.15 Å². The first-order chi connectivity index (χ1) is 11.2. The Bertz CT molecular complexity index is 800. The zero-order valence-electron chi connectivity index (χ0n) is 12.9. The number of hydrogen-bond acceptors (Lipinski definition) is 5. The molecule has 0 atom stereocenters. The Morgan fingerprint density at radius 3 is 2.70 bits per heavy atom. The first-order valence-electron chi connectivity index (χ1n) is 7.19. The van der Waals surface area contributed by atoms with Crippen LogP contribution in [0.1, 0.15) is 5.56 Å². The minimum absolute atomic E-state index is 0.388. The van der Waals surface area contributed by atoms with Crippen LogP contribution in [0.5, 0.6) is 0 Å². The third-order valence-corrected chi connectivity index (χ3v) is 3.74. The number of nitrogens with one attached hydrogen (secondary N) is 2. The van der Waals surface area contributed by atoms with Crippen LogP contribution < -0.4 is 10.6 Å². The summed E-state index contributed by atoms with van der Waals surface area (Å²) in [5.41, 5.74) is 3.79. The minimum atomic E-state index is 0.388. The summed E-state index contributed by atoms with van der Waals surface area (Å²) in [4.78, 5) is 8.21. The van der Waals surface area contributed by atoms with Gasteiger partial charge >= 0.3 is 0 Å². The number of halogens is 1. The van der Waals surface area contributed by atoms with Crippen molar-refractivity contribution >= 4 is 23.1 Å². The Balaban J connectivity index is 1.86. The quantitative estimate of drug-likeness (QED) is 0.704. The molecular weight excluding hydrogens is 312 g/mol. The molecule has 0 aliphatic rings. The third kappa shape index (κ3) is 3.27. The van der Waals surface area contributed by atoms with Gasteiger partial charge in [0.05, 0.1) is 5.69 Å².